The summed E-state index contributed by atoms with van der Waals surface area (Å²) in [4.78, 5) is 4.58. The molecular formula is C18H31N3O. The van der Waals surface area contributed by atoms with E-state index in [1.54, 1.807) is 0 Å². The molecule has 0 saturated carbocycles. The van der Waals surface area contributed by atoms with Gasteiger partial charge in [0.15, 0.2) is 5.96 Å². The van der Waals surface area contributed by atoms with Crippen molar-refractivity contribution in [2.75, 3.05) is 26.3 Å². The molecule has 124 valence electrons. The molecular weight excluding hydrogens is 274 g/mol. The Morgan fingerprint density at radius 1 is 1.18 bits per heavy atom. The third-order valence-electron chi connectivity index (χ3n) is 4.27. The third-order valence-corrected chi connectivity index (χ3v) is 4.27. The molecule has 0 aliphatic carbocycles. The smallest absolute Gasteiger partial charge is 0.188 e. The standard InChI is InChI=1S/C18H31N3O/c1-4-18(5-2,16-11-8-7-9-12-16)15-21-17(19)20-13-10-14-22-6-3/h7-9,11-12H,4-6,10,13-15H2,1-3H3,(H3,19,20,21). The van der Waals surface area contributed by atoms with Gasteiger partial charge in [0.05, 0.1) is 6.54 Å². The van der Waals surface area contributed by atoms with Crippen LogP contribution in [0.15, 0.2) is 35.3 Å². The summed E-state index contributed by atoms with van der Waals surface area (Å²) < 4.78 is 5.30. The minimum absolute atomic E-state index is 0.0683. The average molecular weight is 305 g/mol. The molecule has 0 atom stereocenters. The highest BCUT2D eigenvalue weighted by Crippen LogP contribution is 2.31. The van der Waals surface area contributed by atoms with Crippen molar-refractivity contribution >= 4 is 5.96 Å². The van der Waals surface area contributed by atoms with Crippen LogP contribution in [-0.4, -0.2) is 32.3 Å². The molecule has 0 saturated heterocycles. The fourth-order valence-corrected chi connectivity index (χ4v) is 2.59. The molecule has 0 amide bonds. The van der Waals surface area contributed by atoms with E-state index in [4.69, 9.17) is 10.5 Å². The number of nitrogens with two attached hydrogens (primary N) is 1. The van der Waals surface area contributed by atoms with E-state index in [-0.39, 0.29) is 5.41 Å². The second-order valence-electron chi connectivity index (χ2n) is 5.53. The number of ether oxygens (including phenoxy) is 1. The molecule has 0 bridgehead atoms. The molecule has 1 aromatic rings. The molecule has 3 N–H and O–H groups in total. The minimum Gasteiger partial charge on any atom is -0.382 e. The van der Waals surface area contributed by atoms with E-state index >= 15 is 0 Å². The van der Waals surface area contributed by atoms with Crippen molar-refractivity contribution in [3.63, 3.8) is 0 Å². The first-order valence-corrected chi connectivity index (χ1v) is 8.35. The van der Waals surface area contributed by atoms with Crippen LogP contribution in [0.5, 0.6) is 0 Å². The van der Waals surface area contributed by atoms with E-state index in [0.717, 1.165) is 39.0 Å². The highest BCUT2D eigenvalue weighted by molar-refractivity contribution is 5.77. The predicted molar refractivity (Wildman–Crippen MR) is 94.3 cm³/mol. The van der Waals surface area contributed by atoms with Crippen LogP contribution < -0.4 is 11.1 Å². The fourth-order valence-electron chi connectivity index (χ4n) is 2.59. The van der Waals surface area contributed by atoms with Crippen LogP contribution in [0.1, 0.15) is 45.6 Å². The van der Waals surface area contributed by atoms with Crippen molar-refractivity contribution in [1.82, 2.24) is 5.32 Å². The lowest BCUT2D eigenvalue weighted by Gasteiger charge is -2.30. The van der Waals surface area contributed by atoms with Gasteiger partial charge in [0.1, 0.15) is 0 Å². The summed E-state index contributed by atoms with van der Waals surface area (Å²) in [5.74, 6) is 0.527. The maximum Gasteiger partial charge on any atom is 0.188 e. The van der Waals surface area contributed by atoms with Crippen LogP contribution in [-0.2, 0) is 10.2 Å². The van der Waals surface area contributed by atoms with Crippen molar-refractivity contribution < 1.29 is 4.74 Å². The number of rotatable bonds is 10. The van der Waals surface area contributed by atoms with Gasteiger partial charge in [-0.1, -0.05) is 44.2 Å². The lowest BCUT2D eigenvalue weighted by molar-refractivity contribution is 0.145. The van der Waals surface area contributed by atoms with Gasteiger partial charge in [0.2, 0.25) is 0 Å². The van der Waals surface area contributed by atoms with Crippen LogP contribution in [0, 0.1) is 0 Å². The van der Waals surface area contributed by atoms with Gasteiger partial charge in [-0.15, -0.1) is 0 Å². The van der Waals surface area contributed by atoms with Gasteiger partial charge in [-0.3, -0.25) is 4.99 Å². The normalized spacial score (nSPS) is 12.4. The summed E-state index contributed by atoms with van der Waals surface area (Å²) in [7, 11) is 0. The second-order valence-corrected chi connectivity index (χ2v) is 5.53. The molecule has 0 radical (unpaired) electrons. The van der Waals surface area contributed by atoms with Crippen molar-refractivity contribution in [2.45, 2.75) is 45.4 Å². The summed E-state index contributed by atoms with van der Waals surface area (Å²) in [5, 5.41) is 3.16. The number of nitrogens with one attached hydrogen (secondary N) is 1. The largest absolute Gasteiger partial charge is 0.382 e. The first kappa shape index (κ1) is 18.5. The van der Waals surface area contributed by atoms with Gasteiger partial charge in [0, 0.05) is 25.2 Å². The first-order valence-electron chi connectivity index (χ1n) is 8.35. The van der Waals surface area contributed by atoms with E-state index in [2.05, 4.69) is 54.5 Å². The highest BCUT2D eigenvalue weighted by Gasteiger charge is 2.27. The Morgan fingerprint density at radius 3 is 2.45 bits per heavy atom. The number of hydrogen-bond donors (Lipinski definition) is 2. The first-order chi connectivity index (χ1) is 10.7. The Kier molecular flexibility index (Phi) is 8.60. The predicted octanol–water partition coefficient (Wildman–Crippen LogP) is 3.08. The number of nitrogens with zero attached hydrogens (tertiary/aromatic N) is 1. The van der Waals surface area contributed by atoms with Crippen molar-refractivity contribution in [3.8, 4) is 0 Å². The molecule has 0 unspecified atom stereocenters. The Morgan fingerprint density at radius 2 is 1.86 bits per heavy atom. The van der Waals surface area contributed by atoms with Crippen LogP contribution >= 0.6 is 0 Å². The Hall–Kier alpha value is -1.55. The average Bonchev–Trinajstić information content (AvgIpc) is 2.57. The summed E-state index contributed by atoms with van der Waals surface area (Å²) >= 11 is 0. The van der Waals surface area contributed by atoms with E-state index in [1.165, 1.54) is 5.56 Å². The fraction of sp³-hybridized carbons (Fsp3) is 0.611. The van der Waals surface area contributed by atoms with E-state index in [0.29, 0.717) is 12.5 Å². The van der Waals surface area contributed by atoms with Gasteiger partial charge in [-0.2, -0.15) is 0 Å². The van der Waals surface area contributed by atoms with Crippen LogP contribution in [0.4, 0.5) is 0 Å². The van der Waals surface area contributed by atoms with Crippen LogP contribution in [0.25, 0.3) is 0 Å². The number of benzene rings is 1. The summed E-state index contributed by atoms with van der Waals surface area (Å²) in [6, 6.07) is 10.6. The van der Waals surface area contributed by atoms with Gasteiger partial charge >= 0.3 is 0 Å². The third kappa shape index (κ3) is 5.68. The van der Waals surface area contributed by atoms with E-state index in [9.17, 15) is 0 Å². The maximum absolute atomic E-state index is 5.98. The SMILES string of the molecule is CCOCCCNC(N)=NCC(CC)(CC)c1ccccc1. The molecule has 0 fully saturated rings. The second kappa shape index (κ2) is 10.2. The zero-order chi connectivity index (χ0) is 16.3. The monoisotopic (exact) mass is 305 g/mol. The summed E-state index contributed by atoms with van der Waals surface area (Å²) in [5.41, 5.74) is 7.39. The Bertz CT molecular complexity index is 427. The quantitative estimate of drug-likeness (QED) is 0.397. The van der Waals surface area contributed by atoms with E-state index in [1.807, 2.05) is 6.92 Å². The number of guanidine groups is 1. The molecule has 4 heteroatoms. The van der Waals surface area contributed by atoms with Crippen molar-refractivity contribution in [3.05, 3.63) is 35.9 Å². The zero-order valence-electron chi connectivity index (χ0n) is 14.3. The molecule has 0 aliphatic rings. The summed E-state index contributed by atoms with van der Waals surface area (Å²) in [6.45, 7) is 9.47. The molecule has 1 aromatic carbocycles. The summed E-state index contributed by atoms with van der Waals surface area (Å²) in [6.07, 6.45) is 3.04. The maximum atomic E-state index is 5.98. The molecule has 0 heterocycles. The van der Waals surface area contributed by atoms with Gasteiger partial charge in [0.25, 0.3) is 0 Å². The van der Waals surface area contributed by atoms with Crippen molar-refractivity contribution in [1.29, 1.82) is 0 Å². The molecule has 0 aromatic heterocycles. The van der Waals surface area contributed by atoms with Gasteiger partial charge in [-0.25, -0.2) is 0 Å². The lowest BCUT2D eigenvalue weighted by atomic mass is 9.76. The Labute approximate surface area is 135 Å². The number of aliphatic imine (C=N–C) groups is 1. The van der Waals surface area contributed by atoms with Crippen LogP contribution in [0.3, 0.4) is 0 Å². The minimum atomic E-state index is 0.0683. The molecule has 4 nitrogen and oxygen atoms in total. The van der Waals surface area contributed by atoms with Crippen LogP contribution in [0.2, 0.25) is 0 Å². The van der Waals surface area contributed by atoms with E-state index < -0.39 is 0 Å². The van der Waals surface area contributed by atoms with Crippen molar-refractivity contribution in [2.24, 2.45) is 10.7 Å². The lowest BCUT2D eigenvalue weighted by Crippen LogP contribution is -2.36. The molecule has 0 spiro atoms. The van der Waals surface area contributed by atoms with Gasteiger partial charge < -0.3 is 15.8 Å². The molecule has 22 heavy (non-hydrogen) atoms. The topological polar surface area (TPSA) is 59.6 Å². The molecule has 0 aliphatic heterocycles. The van der Waals surface area contributed by atoms with Gasteiger partial charge in [-0.05, 0) is 31.7 Å². The highest BCUT2D eigenvalue weighted by atomic mass is 16.5. The Balaban J connectivity index is 2.58. The molecule has 1 rings (SSSR count). The number of hydrogen-bond acceptors (Lipinski definition) is 2. The zero-order valence-corrected chi connectivity index (χ0v) is 14.3.